The van der Waals surface area contributed by atoms with Gasteiger partial charge in [-0.2, -0.15) is 5.10 Å². The van der Waals surface area contributed by atoms with Gasteiger partial charge in [-0.15, -0.1) is 0 Å². The Bertz CT molecular complexity index is 1700. The number of nitrogens with one attached hydrogen (secondary N) is 2. The van der Waals surface area contributed by atoms with E-state index in [9.17, 15) is 21.6 Å². The molecule has 5 aromatic rings. The molecule has 6 nitrogen and oxygen atoms in total. The Labute approximate surface area is 194 Å². The van der Waals surface area contributed by atoms with E-state index in [1.165, 1.54) is 12.3 Å². The SMILES string of the molecule is O=S(=O)(Cc1ccc(F)c(-c2ccc3c(-c4ncc[nH]4)[nH]nc3c2F)c1F)c1ccc(F)c(F)c1. The van der Waals surface area contributed by atoms with E-state index < -0.39 is 66.3 Å². The largest absolute Gasteiger partial charge is 0.343 e. The second-order valence-electron chi connectivity index (χ2n) is 7.59. The first-order valence-electron chi connectivity index (χ1n) is 9.99. The van der Waals surface area contributed by atoms with Crippen LogP contribution in [0, 0.1) is 29.1 Å². The lowest BCUT2D eigenvalue weighted by Crippen LogP contribution is -2.09. The molecule has 2 N–H and O–H groups in total. The minimum Gasteiger partial charge on any atom is -0.343 e. The van der Waals surface area contributed by atoms with E-state index in [1.54, 1.807) is 6.20 Å². The molecule has 0 saturated heterocycles. The number of fused-ring (bicyclic) bond motifs is 1. The maximum atomic E-state index is 15.4. The van der Waals surface area contributed by atoms with Gasteiger partial charge in [-0.3, -0.25) is 5.10 Å². The van der Waals surface area contributed by atoms with Crippen LogP contribution in [0.4, 0.5) is 22.0 Å². The molecule has 0 aliphatic carbocycles. The summed E-state index contributed by atoms with van der Waals surface area (Å²) in [5.74, 6) is -6.73. The van der Waals surface area contributed by atoms with E-state index in [0.29, 0.717) is 29.0 Å². The summed E-state index contributed by atoms with van der Waals surface area (Å²) in [6.45, 7) is 0. The lowest BCUT2D eigenvalue weighted by Gasteiger charge is -2.12. The van der Waals surface area contributed by atoms with Crippen LogP contribution in [0.3, 0.4) is 0 Å². The van der Waals surface area contributed by atoms with Crippen molar-refractivity contribution in [2.24, 2.45) is 0 Å². The summed E-state index contributed by atoms with van der Waals surface area (Å²) < 4.78 is 97.4. The summed E-state index contributed by atoms with van der Waals surface area (Å²) in [6.07, 6.45) is 3.04. The Morgan fingerprint density at radius 2 is 1.63 bits per heavy atom. The van der Waals surface area contributed by atoms with Crippen molar-refractivity contribution in [2.75, 3.05) is 0 Å². The third kappa shape index (κ3) is 3.85. The topological polar surface area (TPSA) is 91.5 Å². The molecule has 3 aromatic carbocycles. The molecule has 0 aliphatic heterocycles. The molecule has 0 aliphatic rings. The van der Waals surface area contributed by atoms with Gasteiger partial charge in [0, 0.05) is 28.9 Å². The average Bonchev–Trinajstić information content (AvgIpc) is 3.49. The molecule has 0 unspecified atom stereocenters. The molecule has 0 bridgehead atoms. The number of benzene rings is 3. The summed E-state index contributed by atoms with van der Waals surface area (Å²) in [5.41, 5.74) is -1.58. The number of imidazole rings is 1. The van der Waals surface area contributed by atoms with Crippen molar-refractivity contribution in [1.82, 2.24) is 20.2 Å². The van der Waals surface area contributed by atoms with Gasteiger partial charge in [-0.25, -0.2) is 35.4 Å². The molecule has 12 heteroatoms. The minimum absolute atomic E-state index is 0.201. The van der Waals surface area contributed by atoms with Crippen LogP contribution < -0.4 is 0 Å². The fourth-order valence-electron chi connectivity index (χ4n) is 3.74. The Morgan fingerprint density at radius 1 is 0.857 bits per heavy atom. The molecule has 0 spiro atoms. The first kappa shape index (κ1) is 22.7. The van der Waals surface area contributed by atoms with Crippen LogP contribution in [0.25, 0.3) is 33.5 Å². The third-order valence-electron chi connectivity index (χ3n) is 5.44. The van der Waals surface area contributed by atoms with Crippen molar-refractivity contribution in [3.8, 4) is 22.6 Å². The van der Waals surface area contributed by atoms with Gasteiger partial charge in [0.25, 0.3) is 0 Å². The number of hydrogen-bond donors (Lipinski definition) is 2. The third-order valence-corrected chi connectivity index (χ3v) is 7.10. The number of aromatic amines is 2. The highest BCUT2D eigenvalue weighted by atomic mass is 32.2. The van der Waals surface area contributed by atoms with Crippen molar-refractivity contribution < 1.29 is 30.4 Å². The molecular weight excluding hydrogens is 491 g/mol. The predicted octanol–water partition coefficient (Wildman–Crippen LogP) is 5.29. The van der Waals surface area contributed by atoms with Gasteiger partial charge in [-0.05, 0) is 30.3 Å². The molecular formula is C23H13F5N4O2S. The van der Waals surface area contributed by atoms with Crippen LogP contribution in [0.5, 0.6) is 0 Å². The van der Waals surface area contributed by atoms with E-state index in [-0.39, 0.29) is 5.52 Å². The summed E-state index contributed by atoms with van der Waals surface area (Å²) in [5, 5.41) is 6.82. The highest BCUT2D eigenvalue weighted by molar-refractivity contribution is 7.90. The monoisotopic (exact) mass is 504 g/mol. The first-order valence-corrected chi connectivity index (χ1v) is 11.6. The molecule has 2 aromatic heterocycles. The highest BCUT2D eigenvalue weighted by Gasteiger charge is 2.25. The fraction of sp³-hybridized carbons (Fsp3) is 0.0435. The van der Waals surface area contributed by atoms with Gasteiger partial charge in [-0.1, -0.05) is 12.1 Å². The van der Waals surface area contributed by atoms with Gasteiger partial charge in [0.2, 0.25) is 0 Å². The Morgan fingerprint density at radius 3 is 2.34 bits per heavy atom. The molecule has 2 heterocycles. The van der Waals surface area contributed by atoms with Gasteiger partial charge in [0.1, 0.15) is 22.8 Å². The molecule has 5 rings (SSSR count). The molecule has 0 saturated carbocycles. The molecule has 0 radical (unpaired) electrons. The number of nitrogens with zero attached hydrogens (tertiary/aromatic N) is 2. The highest BCUT2D eigenvalue weighted by Crippen LogP contribution is 2.36. The average molecular weight is 504 g/mol. The number of hydrogen-bond acceptors (Lipinski definition) is 4. The Hall–Kier alpha value is -4.06. The predicted molar refractivity (Wildman–Crippen MR) is 116 cm³/mol. The van der Waals surface area contributed by atoms with Crippen molar-refractivity contribution >= 4 is 20.7 Å². The van der Waals surface area contributed by atoms with Crippen LogP contribution >= 0.6 is 0 Å². The fourth-order valence-corrected chi connectivity index (χ4v) is 5.09. The Kier molecular flexibility index (Phi) is 5.39. The number of sulfone groups is 1. The molecule has 178 valence electrons. The minimum atomic E-state index is -4.34. The van der Waals surface area contributed by atoms with E-state index in [0.717, 1.165) is 24.3 Å². The van der Waals surface area contributed by atoms with Crippen LogP contribution in [0.15, 0.2) is 59.8 Å². The summed E-state index contributed by atoms with van der Waals surface area (Å²) in [7, 11) is -4.34. The zero-order valence-corrected chi connectivity index (χ0v) is 18.2. The summed E-state index contributed by atoms with van der Waals surface area (Å²) in [4.78, 5) is 6.31. The standard InChI is InChI=1S/C23H13F5N4O2S/c24-15-6-2-12(9-17(15)26)35(33,34)10-11-1-5-16(25)18(19(11)27)13-3-4-14-21(20(13)28)31-32-22(14)23-29-7-8-30-23/h1-9H,10H2,(H,29,30)(H,31,32). The van der Waals surface area contributed by atoms with Crippen molar-refractivity contribution in [3.05, 3.63) is 89.5 Å². The summed E-state index contributed by atoms with van der Waals surface area (Å²) >= 11 is 0. The normalized spacial score (nSPS) is 11.9. The molecule has 0 amide bonds. The van der Waals surface area contributed by atoms with Gasteiger partial charge < -0.3 is 4.98 Å². The van der Waals surface area contributed by atoms with E-state index >= 15 is 8.78 Å². The van der Waals surface area contributed by atoms with Crippen LogP contribution in [0.2, 0.25) is 0 Å². The number of rotatable bonds is 5. The second kappa shape index (κ2) is 8.31. The van der Waals surface area contributed by atoms with Crippen LogP contribution in [0.1, 0.15) is 5.56 Å². The number of halogens is 5. The second-order valence-corrected chi connectivity index (χ2v) is 9.58. The van der Waals surface area contributed by atoms with Gasteiger partial charge in [0.15, 0.2) is 33.1 Å². The number of aromatic nitrogens is 4. The van der Waals surface area contributed by atoms with Crippen molar-refractivity contribution in [2.45, 2.75) is 10.6 Å². The van der Waals surface area contributed by atoms with Crippen LogP contribution in [-0.4, -0.2) is 28.6 Å². The summed E-state index contributed by atoms with van der Waals surface area (Å²) in [6, 6.07) is 6.17. The lowest BCUT2D eigenvalue weighted by atomic mass is 9.99. The number of H-pyrrole nitrogens is 2. The maximum absolute atomic E-state index is 15.4. The van der Waals surface area contributed by atoms with E-state index in [1.807, 2.05) is 0 Å². The van der Waals surface area contributed by atoms with E-state index in [4.69, 9.17) is 0 Å². The van der Waals surface area contributed by atoms with Crippen LogP contribution in [-0.2, 0) is 15.6 Å². The van der Waals surface area contributed by atoms with Crippen molar-refractivity contribution in [3.63, 3.8) is 0 Å². The smallest absolute Gasteiger partial charge is 0.182 e. The molecule has 35 heavy (non-hydrogen) atoms. The quantitative estimate of drug-likeness (QED) is 0.251. The van der Waals surface area contributed by atoms with Gasteiger partial charge >= 0.3 is 0 Å². The first-order chi connectivity index (χ1) is 16.7. The maximum Gasteiger partial charge on any atom is 0.182 e. The zero-order valence-electron chi connectivity index (χ0n) is 17.4. The molecule has 0 fully saturated rings. The molecule has 0 atom stereocenters. The Balaban J connectivity index is 1.59. The van der Waals surface area contributed by atoms with Crippen molar-refractivity contribution in [1.29, 1.82) is 0 Å². The lowest BCUT2D eigenvalue weighted by molar-refractivity contribution is 0.504. The van der Waals surface area contributed by atoms with E-state index in [2.05, 4.69) is 20.2 Å². The zero-order chi connectivity index (χ0) is 24.9. The van der Waals surface area contributed by atoms with Gasteiger partial charge in [0.05, 0.1) is 16.2 Å².